The lowest BCUT2D eigenvalue weighted by Gasteiger charge is -2.37. The molecule has 7 rings (SSSR count). The standard InChI is InChI=1S/C61H96Cl2N12O26S2/c1-60(2)98-52-41(67-58-70-56(62)72-102-58)34-96-46(54(52)100-60)36-93-30-27-91-25-23-88-20-18-86-15-12-65-48(78)9-7-44(76)51(69-50(80)38-95-32-29-90-22-17-85-14-11-64-40-6-5-39(74(81)82)33-43(40)75(83)84)45(77)8-10-49(79)66-13-16-87-19-21-89-24-26-92-28-31-94-37-47-55-53(99-61(3,4)101-55)42(35-97-47)68-59-71-57(63)73-103-59/h5-6,33,41-42,44-47,51-55,64,76-77H,7-32,34-38H2,1-4H3,(H,65,78)(H,66,79)(H,69,80)(H,67,70,72)(H,68,71,73)/t41-,42-,44?,45?,46-,47-,51?,52-,53-,54+,55+/m1/s1. The first-order valence-corrected chi connectivity index (χ1v) is 36.1. The molecule has 8 N–H and O–H groups in total. The number of nitro groups is 2. The van der Waals surface area contributed by atoms with Crippen molar-refractivity contribution in [2.75, 3.05) is 194 Å². The predicted octanol–water partition coefficient (Wildman–Crippen LogP) is 1.91. The quantitative estimate of drug-likeness (QED) is 0.0227. The van der Waals surface area contributed by atoms with Gasteiger partial charge in [-0.2, -0.15) is 18.7 Å². The summed E-state index contributed by atoms with van der Waals surface area (Å²) in [5.41, 5.74) is -0.762. The van der Waals surface area contributed by atoms with Crippen LogP contribution < -0.4 is 31.9 Å². The van der Waals surface area contributed by atoms with Crippen molar-refractivity contribution in [1.82, 2.24) is 34.7 Å². The van der Waals surface area contributed by atoms with Gasteiger partial charge in [0.05, 0.1) is 198 Å². The van der Waals surface area contributed by atoms with Gasteiger partial charge in [-0.25, -0.2) is 0 Å². The van der Waals surface area contributed by atoms with Crippen LogP contribution in [0.5, 0.6) is 0 Å². The monoisotopic (exact) mass is 1550 g/mol. The number of hydrogen-bond donors (Lipinski definition) is 8. The van der Waals surface area contributed by atoms with E-state index in [9.17, 15) is 44.8 Å². The molecule has 2 aromatic heterocycles. The maximum Gasteiger partial charge on any atom is 0.299 e. The van der Waals surface area contributed by atoms with Crippen LogP contribution in [0.25, 0.3) is 0 Å². The van der Waals surface area contributed by atoms with Gasteiger partial charge >= 0.3 is 0 Å². The molecule has 0 radical (unpaired) electrons. The van der Waals surface area contributed by atoms with Gasteiger partial charge in [-0.15, -0.1) is 0 Å². The minimum atomic E-state index is -1.42. The maximum atomic E-state index is 13.1. The van der Waals surface area contributed by atoms with Gasteiger partial charge in [0.25, 0.3) is 11.4 Å². The van der Waals surface area contributed by atoms with E-state index >= 15 is 0 Å². The molecule has 38 nitrogen and oxygen atoms in total. The van der Waals surface area contributed by atoms with E-state index in [1.807, 2.05) is 27.7 Å². The smallest absolute Gasteiger partial charge is 0.299 e. The Balaban J connectivity index is 0.703. The van der Waals surface area contributed by atoms with Crippen molar-refractivity contribution < 1.29 is 115 Å². The molecular formula is C61H96Cl2N12O26S2. The lowest BCUT2D eigenvalue weighted by Crippen LogP contribution is -2.55. The average Bonchev–Trinajstić information content (AvgIpc) is 1.64. The fourth-order valence-electron chi connectivity index (χ4n) is 10.9. The molecule has 0 aliphatic carbocycles. The molecule has 582 valence electrons. The summed E-state index contributed by atoms with van der Waals surface area (Å²) in [6.45, 7) is 13.1. The highest BCUT2D eigenvalue weighted by molar-refractivity contribution is 7.10. The van der Waals surface area contributed by atoms with Gasteiger partial charge in [0.15, 0.2) is 11.6 Å². The van der Waals surface area contributed by atoms with Gasteiger partial charge in [-0.05, 0) is 69.8 Å². The second kappa shape index (κ2) is 46.1. The first-order valence-electron chi connectivity index (χ1n) is 33.8. The molecule has 4 aliphatic heterocycles. The summed E-state index contributed by atoms with van der Waals surface area (Å²) < 4.78 is 107. The number of anilines is 3. The molecule has 42 heteroatoms. The van der Waals surface area contributed by atoms with E-state index in [2.05, 4.69) is 50.6 Å². The zero-order valence-corrected chi connectivity index (χ0v) is 61.1. The number of nitro benzene ring substituents is 2. The number of aliphatic hydroxyl groups excluding tert-OH is 2. The Labute approximate surface area is 613 Å². The number of carbonyl (C=O) groups is 3. The Morgan fingerprint density at radius 1 is 0.553 bits per heavy atom. The van der Waals surface area contributed by atoms with Crippen molar-refractivity contribution in [2.45, 2.75) is 132 Å². The van der Waals surface area contributed by atoms with Crippen LogP contribution in [0.4, 0.5) is 27.3 Å². The van der Waals surface area contributed by atoms with Crippen molar-refractivity contribution in [2.24, 2.45) is 0 Å². The van der Waals surface area contributed by atoms with Crippen LogP contribution in [-0.4, -0.2) is 313 Å². The normalized spacial score (nSPS) is 22.0. The number of carbonyl (C=O) groups excluding carboxylic acids is 3. The molecule has 10 atom stereocenters. The minimum absolute atomic E-state index is 0.0184. The molecule has 103 heavy (non-hydrogen) atoms. The molecule has 4 fully saturated rings. The highest BCUT2D eigenvalue weighted by Gasteiger charge is 2.54. The molecule has 1 aromatic carbocycles. The van der Waals surface area contributed by atoms with E-state index in [1.54, 1.807) is 0 Å². The molecule has 0 saturated carbocycles. The van der Waals surface area contributed by atoms with Crippen molar-refractivity contribution >= 4 is 91.3 Å². The molecule has 0 bridgehead atoms. The Morgan fingerprint density at radius 2 is 0.942 bits per heavy atom. The molecule has 4 aliphatic rings. The summed E-state index contributed by atoms with van der Waals surface area (Å²) in [5.74, 6) is -3.14. The Morgan fingerprint density at radius 3 is 1.34 bits per heavy atom. The van der Waals surface area contributed by atoms with E-state index < -0.39 is 75.4 Å². The maximum absolute atomic E-state index is 13.1. The number of nitrogens with zero attached hydrogens (tertiary/aromatic N) is 6. The first kappa shape index (κ1) is 85.0. The van der Waals surface area contributed by atoms with Gasteiger partial charge in [-0.3, -0.25) is 34.6 Å². The summed E-state index contributed by atoms with van der Waals surface area (Å²) >= 11 is 14.1. The zero-order chi connectivity index (χ0) is 73.8. The Kier molecular flexibility index (Phi) is 38.0. The fourth-order valence-corrected chi connectivity index (χ4v) is 12.4. The summed E-state index contributed by atoms with van der Waals surface area (Å²) in [4.78, 5) is 68.0. The third-order valence-corrected chi connectivity index (χ3v) is 17.4. The Bertz CT molecular complexity index is 2860. The predicted molar refractivity (Wildman–Crippen MR) is 367 cm³/mol. The van der Waals surface area contributed by atoms with Crippen molar-refractivity contribution in [3.05, 3.63) is 49.0 Å². The number of benzene rings is 1. The van der Waals surface area contributed by atoms with E-state index in [0.29, 0.717) is 76.3 Å². The summed E-state index contributed by atoms with van der Waals surface area (Å²) in [6, 6.07) is 1.52. The van der Waals surface area contributed by atoms with Crippen LogP contribution in [0.15, 0.2) is 18.2 Å². The zero-order valence-electron chi connectivity index (χ0n) is 58.0. The summed E-state index contributed by atoms with van der Waals surface area (Å²) in [5, 5.41) is 63.8. The lowest BCUT2D eigenvalue weighted by molar-refractivity contribution is -0.393. The Hall–Kier alpha value is -5.23. The SMILES string of the molecule is CC1(C)O[C@@H]2[C@H](O1)[C@H](Nc1nc(Cl)ns1)CO[C@@H]2COCCOCCOCCOCCNC(=O)CCC(O)C(NC(=O)COCCOCCOCCNc1ccc([N+](=O)[O-])cc1[N+](=O)[O-])C(O)CCC(=O)NCCOCCOCCOCCOC[C@H]1OC[C@@H](Nc2nc(Cl)ns2)[C@H]2OC(C)(C)O[C@H]21. The fraction of sp³-hybridized carbons (Fsp3) is 0.787. The molecule has 4 saturated heterocycles. The largest absolute Gasteiger partial charge is 0.391 e. The van der Waals surface area contributed by atoms with Crippen LogP contribution >= 0.6 is 46.3 Å². The third kappa shape index (κ3) is 31.6. The number of nitrogens with one attached hydrogen (secondary N) is 6. The molecule has 3 amide bonds. The van der Waals surface area contributed by atoms with Crippen molar-refractivity contribution in [1.29, 1.82) is 0 Å². The lowest BCUT2D eigenvalue weighted by atomic mass is 9.97. The number of fused-ring (bicyclic) bond motifs is 2. The van der Waals surface area contributed by atoms with Gasteiger partial charge in [0.1, 0.15) is 48.9 Å². The number of halogens is 2. The van der Waals surface area contributed by atoms with Crippen LogP contribution in [0, 0.1) is 20.2 Å². The molecular weight excluding hydrogens is 1450 g/mol. The van der Waals surface area contributed by atoms with Crippen molar-refractivity contribution in [3.63, 3.8) is 0 Å². The second-order valence-electron chi connectivity index (χ2n) is 24.4. The molecule has 2 unspecified atom stereocenters. The van der Waals surface area contributed by atoms with E-state index in [0.717, 1.165) is 35.2 Å². The number of hydrogen-bond acceptors (Lipinski definition) is 35. The number of aliphatic hydroxyl groups is 2. The van der Waals surface area contributed by atoms with Crippen LogP contribution in [0.1, 0.15) is 53.4 Å². The minimum Gasteiger partial charge on any atom is -0.391 e. The van der Waals surface area contributed by atoms with Gasteiger partial charge in [0, 0.05) is 61.6 Å². The number of aromatic nitrogens is 4. The van der Waals surface area contributed by atoms with E-state index in [-0.39, 0.29) is 196 Å². The van der Waals surface area contributed by atoms with Crippen molar-refractivity contribution in [3.8, 4) is 0 Å². The van der Waals surface area contributed by atoms with E-state index in [1.165, 1.54) is 6.07 Å². The number of non-ortho nitro benzene ring substituents is 1. The van der Waals surface area contributed by atoms with Gasteiger partial charge < -0.3 is 123 Å². The highest BCUT2D eigenvalue weighted by Crippen LogP contribution is 2.39. The topological polar surface area (TPSA) is 459 Å². The summed E-state index contributed by atoms with van der Waals surface area (Å²) in [6.07, 6.45) is -5.57. The molecule has 3 aromatic rings. The first-order chi connectivity index (χ1) is 49.6. The second-order valence-corrected chi connectivity index (χ2v) is 26.5. The highest BCUT2D eigenvalue weighted by atomic mass is 35.5. The van der Waals surface area contributed by atoms with Crippen LogP contribution in [0.2, 0.25) is 10.6 Å². The number of rotatable bonds is 55. The number of amides is 3. The van der Waals surface area contributed by atoms with Gasteiger partial charge in [0.2, 0.25) is 38.6 Å². The number of ether oxygens (including phenoxy) is 17. The third-order valence-electron chi connectivity index (χ3n) is 15.6. The molecule has 0 spiro atoms. The average molecular weight is 1550 g/mol. The van der Waals surface area contributed by atoms with E-state index in [4.69, 9.17) is 104 Å². The molecule has 6 heterocycles. The van der Waals surface area contributed by atoms with Crippen LogP contribution in [-0.2, 0) is 94.9 Å². The summed E-state index contributed by atoms with van der Waals surface area (Å²) in [7, 11) is 0. The van der Waals surface area contributed by atoms with Crippen LogP contribution in [0.3, 0.4) is 0 Å². The van der Waals surface area contributed by atoms with Gasteiger partial charge in [-0.1, -0.05) is 0 Å².